The van der Waals surface area contributed by atoms with Crippen molar-refractivity contribution in [1.82, 2.24) is 15.3 Å². The first kappa shape index (κ1) is 21.3. The fraction of sp³-hybridized carbons (Fsp3) is 0.346. The van der Waals surface area contributed by atoms with Gasteiger partial charge in [-0.1, -0.05) is 48.5 Å². The van der Waals surface area contributed by atoms with Gasteiger partial charge in [0.2, 0.25) is 5.95 Å². The minimum absolute atomic E-state index is 0.216. The van der Waals surface area contributed by atoms with Crippen molar-refractivity contribution < 1.29 is 4.74 Å². The summed E-state index contributed by atoms with van der Waals surface area (Å²) in [5.74, 6) is 2.33. The molecule has 34 heavy (non-hydrogen) atoms. The Morgan fingerprint density at radius 2 is 1.41 bits per heavy atom. The van der Waals surface area contributed by atoms with Crippen LogP contribution in [0.1, 0.15) is 35.1 Å². The van der Waals surface area contributed by atoms with Gasteiger partial charge in [-0.2, -0.15) is 9.97 Å². The van der Waals surface area contributed by atoms with Crippen LogP contribution >= 0.6 is 12.2 Å². The molecule has 0 unspecified atom stereocenters. The lowest BCUT2D eigenvalue weighted by Gasteiger charge is -2.23. The standard InChI is InChI=1S/C26H28N6OS/c34-26(27-13-22-10-5-11-33-22)30-25-28-23(31-14-18-6-1-2-7-19(18)15-31)12-24(29-25)32-16-20-8-3-4-9-21(20)17-32/h1-4,6-9,12,22H,5,10-11,13-17H2,(H2,27,28,29,30,34)/t22-/m1/s1. The smallest absolute Gasteiger partial charge is 0.232 e. The molecule has 0 radical (unpaired) electrons. The van der Waals surface area contributed by atoms with Crippen LogP contribution in [-0.2, 0) is 30.9 Å². The predicted molar refractivity (Wildman–Crippen MR) is 138 cm³/mol. The largest absolute Gasteiger partial charge is 0.376 e. The van der Waals surface area contributed by atoms with Crippen LogP contribution in [0.2, 0.25) is 0 Å². The number of benzene rings is 2. The minimum Gasteiger partial charge on any atom is -0.376 e. The minimum atomic E-state index is 0.216. The second-order valence-electron chi connectivity index (χ2n) is 9.13. The molecule has 1 fully saturated rings. The highest BCUT2D eigenvalue weighted by Crippen LogP contribution is 2.32. The molecule has 2 aromatic carbocycles. The normalized spacial score (nSPS) is 18.6. The Balaban J connectivity index is 1.24. The lowest BCUT2D eigenvalue weighted by atomic mass is 10.1. The molecule has 0 aliphatic carbocycles. The molecule has 3 aliphatic heterocycles. The van der Waals surface area contributed by atoms with Crippen LogP contribution in [0.4, 0.5) is 17.6 Å². The maximum atomic E-state index is 5.69. The first-order valence-electron chi connectivity index (χ1n) is 11.9. The molecule has 174 valence electrons. The number of fused-ring (bicyclic) bond motifs is 2. The van der Waals surface area contributed by atoms with Crippen molar-refractivity contribution >= 4 is 34.9 Å². The molecule has 4 heterocycles. The van der Waals surface area contributed by atoms with Crippen molar-refractivity contribution in [3.05, 3.63) is 76.9 Å². The molecule has 2 N–H and O–H groups in total. The number of hydrogen-bond donors (Lipinski definition) is 2. The molecule has 1 saturated heterocycles. The lowest BCUT2D eigenvalue weighted by Crippen LogP contribution is -2.35. The van der Waals surface area contributed by atoms with Gasteiger partial charge in [0.15, 0.2) is 5.11 Å². The average molecular weight is 473 g/mol. The van der Waals surface area contributed by atoms with E-state index in [9.17, 15) is 0 Å². The number of rotatable bonds is 5. The van der Waals surface area contributed by atoms with E-state index in [0.717, 1.165) is 57.3 Å². The zero-order valence-corrected chi connectivity index (χ0v) is 19.9. The number of ether oxygens (including phenoxy) is 1. The van der Waals surface area contributed by atoms with E-state index in [1.165, 1.54) is 22.3 Å². The third kappa shape index (κ3) is 4.43. The fourth-order valence-electron chi connectivity index (χ4n) is 4.95. The van der Waals surface area contributed by atoms with Gasteiger partial charge in [0.25, 0.3) is 0 Å². The van der Waals surface area contributed by atoms with Crippen LogP contribution in [-0.4, -0.2) is 34.3 Å². The van der Waals surface area contributed by atoms with E-state index in [0.29, 0.717) is 17.6 Å². The van der Waals surface area contributed by atoms with Crippen LogP contribution in [0.15, 0.2) is 54.6 Å². The summed E-state index contributed by atoms with van der Waals surface area (Å²) in [7, 11) is 0. The molecule has 8 heteroatoms. The van der Waals surface area contributed by atoms with Gasteiger partial charge in [-0.25, -0.2) is 0 Å². The third-order valence-electron chi connectivity index (χ3n) is 6.77. The Kier molecular flexibility index (Phi) is 5.76. The van der Waals surface area contributed by atoms with Crippen LogP contribution in [0.3, 0.4) is 0 Å². The number of nitrogens with one attached hydrogen (secondary N) is 2. The number of nitrogens with zero attached hydrogens (tertiary/aromatic N) is 4. The van der Waals surface area contributed by atoms with Crippen LogP contribution in [0.25, 0.3) is 0 Å². The predicted octanol–water partition coefficient (Wildman–Crippen LogP) is 3.98. The number of aromatic nitrogens is 2. The molecule has 3 aliphatic rings. The van der Waals surface area contributed by atoms with E-state index in [-0.39, 0.29) is 6.10 Å². The molecule has 1 aromatic heterocycles. The van der Waals surface area contributed by atoms with Crippen LogP contribution in [0, 0.1) is 0 Å². The fourth-order valence-corrected chi connectivity index (χ4v) is 5.12. The van der Waals surface area contributed by atoms with E-state index >= 15 is 0 Å². The first-order chi connectivity index (χ1) is 16.7. The Bertz CT molecular complexity index is 1090. The molecule has 7 nitrogen and oxygen atoms in total. The van der Waals surface area contributed by atoms with E-state index < -0.39 is 0 Å². The summed E-state index contributed by atoms with van der Waals surface area (Å²) in [6.45, 7) is 4.89. The molecular weight excluding hydrogens is 444 g/mol. The van der Waals surface area contributed by atoms with Crippen molar-refractivity contribution in [3.63, 3.8) is 0 Å². The monoisotopic (exact) mass is 472 g/mol. The summed E-state index contributed by atoms with van der Waals surface area (Å²) in [5.41, 5.74) is 5.39. The second-order valence-corrected chi connectivity index (χ2v) is 9.54. The molecular formula is C26H28N6OS. The highest BCUT2D eigenvalue weighted by molar-refractivity contribution is 7.80. The van der Waals surface area contributed by atoms with Gasteiger partial charge in [0, 0.05) is 45.4 Å². The van der Waals surface area contributed by atoms with Gasteiger partial charge in [-0.15, -0.1) is 0 Å². The Morgan fingerprint density at radius 1 is 0.882 bits per heavy atom. The maximum absolute atomic E-state index is 5.69. The molecule has 0 amide bonds. The number of anilines is 3. The van der Waals surface area contributed by atoms with Gasteiger partial charge in [-0.3, -0.25) is 0 Å². The molecule has 6 rings (SSSR count). The van der Waals surface area contributed by atoms with Gasteiger partial charge in [-0.05, 0) is 47.3 Å². The van der Waals surface area contributed by atoms with Crippen molar-refractivity contribution in [2.45, 2.75) is 45.1 Å². The zero-order chi connectivity index (χ0) is 22.9. The summed E-state index contributed by atoms with van der Waals surface area (Å²) in [6.07, 6.45) is 2.39. The molecule has 0 spiro atoms. The van der Waals surface area contributed by atoms with E-state index in [2.05, 4.69) is 75.0 Å². The first-order valence-corrected chi connectivity index (χ1v) is 12.3. The molecule has 0 saturated carbocycles. The second kappa shape index (κ2) is 9.19. The SMILES string of the molecule is S=C(NC[C@H]1CCCO1)Nc1nc(N2Cc3ccccc3C2)cc(N2Cc3ccccc3C2)n1. The Hall–Kier alpha value is -3.23. The summed E-state index contributed by atoms with van der Waals surface area (Å²) in [5, 5.41) is 7.01. The summed E-state index contributed by atoms with van der Waals surface area (Å²) in [6, 6.07) is 19.3. The van der Waals surface area contributed by atoms with E-state index in [1.54, 1.807) is 0 Å². The topological polar surface area (TPSA) is 65.6 Å². The van der Waals surface area contributed by atoms with Crippen molar-refractivity contribution in [2.75, 3.05) is 28.3 Å². The average Bonchev–Trinajstić information content (AvgIpc) is 3.61. The van der Waals surface area contributed by atoms with E-state index in [4.69, 9.17) is 26.9 Å². The molecule has 0 bridgehead atoms. The summed E-state index contributed by atoms with van der Waals surface area (Å²) < 4.78 is 5.69. The summed E-state index contributed by atoms with van der Waals surface area (Å²) >= 11 is 5.56. The van der Waals surface area contributed by atoms with Crippen molar-refractivity contribution in [1.29, 1.82) is 0 Å². The Morgan fingerprint density at radius 3 is 1.88 bits per heavy atom. The van der Waals surface area contributed by atoms with Gasteiger partial charge in [0.05, 0.1) is 6.10 Å². The van der Waals surface area contributed by atoms with Crippen molar-refractivity contribution in [2.24, 2.45) is 0 Å². The maximum Gasteiger partial charge on any atom is 0.232 e. The van der Waals surface area contributed by atoms with Crippen LogP contribution in [0.5, 0.6) is 0 Å². The molecule has 3 aromatic rings. The number of thiocarbonyl (C=S) groups is 1. The Labute approximate surface area is 205 Å². The highest BCUT2D eigenvalue weighted by atomic mass is 32.1. The lowest BCUT2D eigenvalue weighted by molar-refractivity contribution is 0.114. The third-order valence-corrected chi connectivity index (χ3v) is 7.01. The summed E-state index contributed by atoms with van der Waals surface area (Å²) in [4.78, 5) is 14.3. The van der Waals surface area contributed by atoms with Gasteiger partial charge < -0.3 is 25.2 Å². The number of hydrogen-bond acceptors (Lipinski definition) is 6. The van der Waals surface area contributed by atoms with Gasteiger partial charge in [0.1, 0.15) is 11.6 Å². The molecule has 1 atom stereocenters. The van der Waals surface area contributed by atoms with Crippen LogP contribution < -0.4 is 20.4 Å². The highest BCUT2D eigenvalue weighted by Gasteiger charge is 2.25. The quantitative estimate of drug-likeness (QED) is 0.541. The zero-order valence-electron chi connectivity index (χ0n) is 19.0. The van der Waals surface area contributed by atoms with Crippen molar-refractivity contribution in [3.8, 4) is 0 Å². The van der Waals surface area contributed by atoms with Gasteiger partial charge >= 0.3 is 0 Å². The van der Waals surface area contributed by atoms with E-state index in [1.807, 2.05) is 0 Å².